The van der Waals surface area contributed by atoms with Gasteiger partial charge in [-0.2, -0.15) is 24.3 Å². The van der Waals surface area contributed by atoms with E-state index in [1.54, 1.807) is 0 Å². The number of hydrogen-bond acceptors (Lipinski definition) is 7. The lowest BCUT2D eigenvalue weighted by Gasteiger charge is -2.24. The fourth-order valence-electron chi connectivity index (χ4n) is 2.66. The van der Waals surface area contributed by atoms with Crippen molar-refractivity contribution in [2.75, 3.05) is 0 Å². The van der Waals surface area contributed by atoms with Gasteiger partial charge < -0.3 is 10.1 Å². The summed E-state index contributed by atoms with van der Waals surface area (Å²) in [6.45, 7) is 10.7. The summed E-state index contributed by atoms with van der Waals surface area (Å²) in [5.41, 5.74) is 1.96. The molecule has 9 nitrogen and oxygen atoms in total. The maximum atomic E-state index is 12.0. The van der Waals surface area contributed by atoms with Gasteiger partial charge in [-0.15, -0.1) is 0 Å². The Hall–Kier alpha value is -2.03. The maximum Gasteiger partial charge on any atom is 0.408 e. The molecule has 0 saturated heterocycles. The van der Waals surface area contributed by atoms with Gasteiger partial charge in [0.1, 0.15) is 9.30 Å². The van der Waals surface area contributed by atoms with Crippen LogP contribution >= 0.6 is 22.6 Å². The molecule has 0 atom stereocenters. The zero-order valence-electron chi connectivity index (χ0n) is 16.8. The number of alkyl carbamates (subject to hydrolysis) is 1. The molecule has 0 radical (unpaired) electrons. The molecule has 28 heavy (non-hydrogen) atoms. The number of halogens is 1. The predicted octanol–water partition coefficient (Wildman–Crippen LogP) is 2.50. The first-order valence-electron chi connectivity index (χ1n) is 8.76. The van der Waals surface area contributed by atoms with E-state index < -0.39 is 5.60 Å². The van der Waals surface area contributed by atoms with Crippen molar-refractivity contribution in [3.8, 4) is 0 Å². The number of nitrogens with zero attached hydrogens (tertiary/aromatic N) is 2. The fraction of sp³-hybridized carbons (Fsp3) is 0.667. The summed E-state index contributed by atoms with van der Waals surface area (Å²) in [5.74, 6) is 0. The highest BCUT2D eigenvalue weighted by atomic mass is 127. The van der Waals surface area contributed by atoms with Gasteiger partial charge in [0.15, 0.2) is 0 Å². The minimum atomic E-state index is -0.467. The third-order valence-electron chi connectivity index (χ3n) is 3.88. The van der Waals surface area contributed by atoms with E-state index in [9.17, 15) is 4.79 Å². The van der Waals surface area contributed by atoms with Gasteiger partial charge >= 0.3 is 18.4 Å². The van der Waals surface area contributed by atoms with Crippen LogP contribution in [0.2, 0.25) is 0 Å². The number of amides is 1. The van der Waals surface area contributed by atoms with Crippen LogP contribution in [0.1, 0.15) is 58.7 Å². The molecule has 1 N–H and O–H groups in total. The Bertz CT molecular complexity index is 710. The molecule has 1 saturated carbocycles. The fourth-order valence-corrected chi connectivity index (χ4v) is 3.61. The van der Waals surface area contributed by atoms with Gasteiger partial charge in [0.2, 0.25) is 0 Å². The standard InChI is InChI=1S/C16H26IN3O2.2CO2/c1-6-11-12(7-2)20(19-13(11)17)10-16(8-9-16)18-14(21)22-15(3,4)5;2*2-1-3/h6-10H2,1-5H3,(H,18,21);;. The van der Waals surface area contributed by atoms with Crippen LogP contribution in [0.15, 0.2) is 0 Å². The molecule has 0 spiro atoms. The Morgan fingerprint density at radius 3 is 2.04 bits per heavy atom. The molecule has 1 aliphatic carbocycles. The number of carbonyl (C=O) groups is 1. The third kappa shape index (κ3) is 8.77. The summed E-state index contributed by atoms with van der Waals surface area (Å²) >= 11 is 2.30. The van der Waals surface area contributed by atoms with Gasteiger partial charge in [-0.25, -0.2) is 4.79 Å². The molecule has 2 rings (SSSR count). The van der Waals surface area contributed by atoms with E-state index in [4.69, 9.17) is 23.9 Å². The topological polar surface area (TPSA) is 124 Å². The van der Waals surface area contributed by atoms with Gasteiger partial charge in [-0.3, -0.25) is 4.68 Å². The van der Waals surface area contributed by atoms with Crippen molar-refractivity contribution in [2.45, 2.75) is 78.0 Å². The Kier molecular flexibility index (Phi) is 10.9. The molecular weight excluding hydrogens is 481 g/mol. The Labute approximate surface area is 177 Å². The van der Waals surface area contributed by atoms with Crippen LogP contribution in [0.5, 0.6) is 0 Å². The van der Waals surface area contributed by atoms with Crippen molar-refractivity contribution >= 4 is 41.0 Å². The molecular formula is C18H26IN3O6. The Morgan fingerprint density at radius 1 is 1.18 bits per heavy atom. The van der Waals surface area contributed by atoms with Crippen LogP contribution in [0.3, 0.4) is 0 Å². The first kappa shape index (κ1) is 26.0. The number of carbonyl (C=O) groups excluding carboxylic acids is 5. The van der Waals surface area contributed by atoms with Crippen molar-refractivity contribution in [1.82, 2.24) is 15.1 Å². The first-order valence-corrected chi connectivity index (χ1v) is 9.84. The molecule has 0 bridgehead atoms. The lowest BCUT2D eigenvalue weighted by molar-refractivity contribution is -0.193. The zero-order valence-corrected chi connectivity index (χ0v) is 18.9. The third-order valence-corrected chi connectivity index (χ3v) is 4.74. The second-order valence-corrected chi connectivity index (χ2v) is 8.18. The molecule has 156 valence electrons. The van der Waals surface area contributed by atoms with Crippen LogP contribution in [0.4, 0.5) is 4.79 Å². The van der Waals surface area contributed by atoms with E-state index in [0.717, 1.165) is 35.9 Å². The van der Waals surface area contributed by atoms with Crippen LogP contribution < -0.4 is 5.32 Å². The molecule has 1 aromatic rings. The van der Waals surface area contributed by atoms with Crippen molar-refractivity contribution in [2.24, 2.45) is 0 Å². The van der Waals surface area contributed by atoms with Gasteiger partial charge in [-0.1, -0.05) is 13.8 Å². The minimum absolute atomic E-state index is 0.188. The molecule has 1 heterocycles. The van der Waals surface area contributed by atoms with Crippen molar-refractivity contribution in [3.05, 3.63) is 15.0 Å². The summed E-state index contributed by atoms with van der Waals surface area (Å²) in [6.07, 6.45) is 4.08. The summed E-state index contributed by atoms with van der Waals surface area (Å²) in [7, 11) is 0. The van der Waals surface area contributed by atoms with Crippen LogP contribution in [0.25, 0.3) is 0 Å². The zero-order chi connectivity index (χ0) is 22.0. The number of hydrogen-bond donors (Lipinski definition) is 1. The summed E-state index contributed by atoms with van der Waals surface area (Å²) in [4.78, 5) is 44.5. The minimum Gasteiger partial charge on any atom is -0.444 e. The van der Waals surface area contributed by atoms with E-state index in [1.807, 2.05) is 20.8 Å². The van der Waals surface area contributed by atoms with Crippen LogP contribution in [-0.4, -0.2) is 39.3 Å². The highest BCUT2D eigenvalue weighted by Crippen LogP contribution is 2.38. The van der Waals surface area contributed by atoms with Crippen LogP contribution in [0, 0.1) is 3.70 Å². The molecule has 10 heteroatoms. The molecule has 0 aliphatic heterocycles. The highest BCUT2D eigenvalue weighted by molar-refractivity contribution is 14.1. The van der Waals surface area contributed by atoms with E-state index in [1.165, 1.54) is 11.3 Å². The monoisotopic (exact) mass is 507 g/mol. The van der Waals surface area contributed by atoms with Gasteiger partial charge in [-0.05, 0) is 69.0 Å². The highest BCUT2D eigenvalue weighted by Gasteiger charge is 2.46. The second kappa shape index (κ2) is 11.7. The quantitative estimate of drug-likeness (QED) is 0.608. The van der Waals surface area contributed by atoms with Crippen molar-refractivity contribution in [3.63, 3.8) is 0 Å². The van der Waals surface area contributed by atoms with Gasteiger partial charge in [0.05, 0.1) is 12.1 Å². The lowest BCUT2D eigenvalue weighted by atomic mass is 10.1. The number of ether oxygens (including phenoxy) is 1. The van der Waals surface area contributed by atoms with E-state index in [-0.39, 0.29) is 23.9 Å². The molecule has 1 aromatic heterocycles. The van der Waals surface area contributed by atoms with E-state index in [0.29, 0.717) is 0 Å². The van der Waals surface area contributed by atoms with Gasteiger partial charge in [0, 0.05) is 11.3 Å². The normalized spacial score (nSPS) is 13.5. The summed E-state index contributed by atoms with van der Waals surface area (Å²) < 4.78 is 8.53. The molecule has 1 amide bonds. The number of nitrogens with one attached hydrogen (secondary N) is 1. The Balaban J connectivity index is 0.00000108. The average molecular weight is 507 g/mol. The SMILES string of the molecule is CCc1c(I)nn(CC2(NC(=O)OC(C)(C)C)CC2)c1CC.O=C=O.O=C=O. The molecule has 1 aliphatic rings. The van der Waals surface area contributed by atoms with Crippen molar-refractivity contribution < 1.29 is 28.7 Å². The largest absolute Gasteiger partial charge is 0.444 e. The van der Waals surface area contributed by atoms with Gasteiger partial charge in [0.25, 0.3) is 0 Å². The number of rotatable bonds is 5. The maximum absolute atomic E-state index is 12.0. The summed E-state index contributed by atoms with van der Waals surface area (Å²) in [6, 6.07) is 0. The Morgan fingerprint density at radius 2 is 1.68 bits per heavy atom. The summed E-state index contributed by atoms with van der Waals surface area (Å²) in [5, 5.41) is 7.72. The van der Waals surface area contributed by atoms with E-state index in [2.05, 4.69) is 51.5 Å². The van der Waals surface area contributed by atoms with Crippen LogP contribution in [-0.2, 0) is 43.3 Å². The smallest absolute Gasteiger partial charge is 0.408 e. The lowest BCUT2D eigenvalue weighted by Crippen LogP contribution is -2.43. The van der Waals surface area contributed by atoms with Crippen molar-refractivity contribution in [1.29, 1.82) is 0 Å². The molecule has 0 aromatic carbocycles. The average Bonchev–Trinajstić information content (AvgIpc) is 3.22. The van der Waals surface area contributed by atoms with E-state index >= 15 is 0 Å². The predicted molar refractivity (Wildman–Crippen MR) is 105 cm³/mol. The molecule has 1 fully saturated rings. The second-order valence-electron chi connectivity index (χ2n) is 7.15. The molecule has 0 unspecified atom stereocenters. The number of aromatic nitrogens is 2. The first-order chi connectivity index (χ1) is 13.0.